The van der Waals surface area contributed by atoms with Crippen molar-refractivity contribution in [3.63, 3.8) is 0 Å². The zero-order valence-electron chi connectivity index (χ0n) is 10.8. The van der Waals surface area contributed by atoms with Gasteiger partial charge in [-0.05, 0) is 63.3 Å². The van der Waals surface area contributed by atoms with Crippen molar-refractivity contribution in [1.29, 1.82) is 0 Å². The van der Waals surface area contributed by atoms with E-state index >= 15 is 0 Å². The molecule has 1 amide bonds. The Morgan fingerprint density at radius 1 is 1.24 bits per heavy atom. The van der Waals surface area contributed by atoms with Crippen molar-refractivity contribution in [3.05, 3.63) is 0 Å². The van der Waals surface area contributed by atoms with Crippen LogP contribution in [-0.2, 0) is 4.79 Å². The molecule has 0 bridgehead atoms. The van der Waals surface area contributed by atoms with Crippen LogP contribution >= 0.6 is 0 Å². The normalized spacial score (nSPS) is 44.6. The minimum absolute atomic E-state index is 0.345. The summed E-state index contributed by atoms with van der Waals surface area (Å²) in [7, 11) is 0. The van der Waals surface area contributed by atoms with Crippen LogP contribution in [0.1, 0.15) is 39.0 Å². The number of carbonyl (C=O) groups excluding carboxylic acids is 1. The first-order valence-corrected chi connectivity index (χ1v) is 7.19. The number of likely N-dealkylation sites (tertiary alicyclic amines) is 1. The van der Waals surface area contributed by atoms with Crippen LogP contribution in [0.4, 0.5) is 0 Å². The number of nitrogens with two attached hydrogens (primary N) is 1. The van der Waals surface area contributed by atoms with Crippen molar-refractivity contribution < 1.29 is 4.79 Å². The van der Waals surface area contributed by atoms with Gasteiger partial charge in [-0.25, -0.2) is 0 Å². The Kier molecular flexibility index (Phi) is 2.89. The summed E-state index contributed by atoms with van der Waals surface area (Å²) in [5.74, 6) is 3.11. The number of nitrogens with zero attached hydrogens (tertiary/aromatic N) is 1. The van der Waals surface area contributed by atoms with Crippen LogP contribution in [0.15, 0.2) is 0 Å². The topological polar surface area (TPSA) is 46.3 Å². The van der Waals surface area contributed by atoms with Crippen LogP contribution in [0.3, 0.4) is 0 Å². The predicted octanol–water partition coefficient (Wildman–Crippen LogP) is 1.62. The Balaban J connectivity index is 1.62. The first-order chi connectivity index (χ1) is 8.19. The third-order valence-corrected chi connectivity index (χ3v) is 5.19. The second kappa shape index (κ2) is 4.27. The summed E-state index contributed by atoms with van der Waals surface area (Å²) in [5, 5.41) is 0. The van der Waals surface area contributed by atoms with E-state index < -0.39 is 0 Å². The second-order valence-electron chi connectivity index (χ2n) is 6.44. The predicted molar refractivity (Wildman–Crippen MR) is 67.3 cm³/mol. The highest BCUT2D eigenvalue weighted by molar-refractivity contribution is 5.79. The quantitative estimate of drug-likeness (QED) is 0.792. The van der Waals surface area contributed by atoms with E-state index in [2.05, 4.69) is 11.8 Å². The van der Waals surface area contributed by atoms with Gasteiger partial charge in [0.05, 0.1) is 0 Å². The summed E-state index contributed by atoms with van der Waals surface area (Å²) in [6, 6.07) is 0.433. The summed E-state index contributed by atoms with van der Waals surface area (Å²) in [4.78, 5) is 14.7. The summed E-state index contributed by atoms with van der Waals surface area (Å²) in [6.07, 6.45) is 6.05. The fourth-order valence-corrected chi connectivity index (χ4v) is 3.83. The van der Waals surface area contributed by atoms with Crippen LogP contribution < -0.4 is 5.73 Å². The van der Waals surface area contributed by atoms with Crippen molar-refractivity contribution in [2.75, 3.05) is 13.1 Å². The minimum atomic E-state index is 0.345. The maximum Gasteiger partial charge on any atom is 0.225 e. The largest absolute Gasteiger partial charge is 0.339 e. The Labute approximate surface area is 104 Å². The number of amides is 1. The Morgan fingerprint density at radius 3 is 2.59 bits per heavy atom. The van der Waals surface area contributed by atoms with Gasteiger partial charge in [-0.1, -0.05) is 0 Å². The number of hydrogen-bond acceptors (Lipinski definition) is 2. The molecule has 0 aromatic rings. The van der Waals surface area contributed by atoms with Gasteiger partial charge in [-0.3, -0.25) is 4.79 Å². The summed E-state index contributed by atoms with van der Waals surface area (Å²) < 4.78 is 0. The third kappa shape index (κ3) is 2.10. The van der Waals surface area contributed by atoms with Gasteiger partial charge in [0.15, 0.2) is 0 Å². The molecule has 0 aromatic carbocycles. The monoisotopic (exact) mass is 236 g/mol. The first-order valence-electron chi connectivity index (χ1n) is 7.19. The van der Waals surface area contributed by atoms with Crippen molar-refractivity contribution in [2.24, 2.45) is 29.4 Å². The molecule has 0 aromatic heterocycles. The average molecular weight is 236 g/mol. The Hall–Kier alpha value is -0.570. The molecule has 2 aliphatic carbocycles. The maximum atomic E-state index is 12.5. The van der Waals surface area contributed by atoms with E-state index in [1.807, 2.05) is 0 Å². The second-order valence-corrected chi connectivity index (χ2v) is 6.44. The number of carbonyl (C=O) groups is 1. The lowest BCUT2D eigenvalue weighted by Gasteiger charge is -2.39. The van der Waals surface area contributed by atoms with Crippen molar-refractivity contribution in [3.8, 4) is 0 Å². The van der Waals surface area contributed by atoms with E-state index in [9.17, 15) is 4.79 Å². The standard InChI is InChI=1S/C14H24N2O/c1-9-2-3-10(7-15)8-16(9)14(17)13-5-11-4-12(11)6-13/h9-13H,2-8,15H2,1H3. The van der Waals surface area contributed by atoms with Gasteiger partial charge >= 0.3 is 0 Å². The first kappa shape index (κ1) is 11.5. The molecule has 96 valence electrons. The molecular weight excluding hydrogens is 212 g/mol. The average Bonchev–Trinajstić information content (AvgIpc) is 2.96. The van der Waals surface area contributed by atoms with Gasteiger partial charge in [0.2, 0.25) is 5.91 Å². The van der Waals surface area contributed by atoms with E-state index in [4.69, 9.17) is 5.73 Å². The van der Waals surface area contributed by atoms with E-state index in [0.29, 0.717) is 23.8 Å². The highest BCUT2D eigenvalue weighted by atomic mass is 16.2. The lowest BCUT2D eigenvalue weighted by molar-refractivity contribution is -0.140. The summed E-state index contributed by atoms with van der Waals surface area (Å²) in [6.45, 7) is 3.83. The number of fused-ring (bicyclic) bond motifs is 1. The molecule has 1 saturated heterocycles. The van der Waals surface area contributed by atoms with Crippen LogP contribution in [0, 0.1) is 23.7 Å². The Morgan fingerprint density at radius 2 is 1.94 bits per heavy atom. The van der Waals surface area contributed by atoms with Crippen molar-refractivity contribution in [2.45, 2.75) is 45.1 Å². The molecule has 3 rings (SSSR count). The van der Waals surface area contributed by atoms with Crippen LogP contribution in [0.5, 0.6) is 0 Å². The van der Waals surface area contributed by atoms with E-state index in [0.717, 1.165) is 31.3 Å². The van der Waals surface area contributed by atoms with Gasteiger partial charge in [0.25, 0.3) is 0 Å². The molecule has 17 heavy (non-hydrogen) atoms. The smallest absolute Gasteiger partial charge is 0.225 e. The minimum Gasteiger partial charge on any atom is -0.339 e. The van der Waals surface area contributed by atoms with Crippen LogP contribution in [0.25, 0.3) is 0 Å². The van der Waals surface area contributed by atoms with E-state index in [1.54, 1.807) is 0 Å². The molecule has 3 heteroatoms. The van der Waals surface area contributed by atoms with Crippen LogP contribution in [-0.4, -0.2) is 29.9 Å². The van der Waals surface area contributed by atoms with Gasteiger partial charge in [-0.2, -0.15) is 0 Å². The molecule has 3 nitrogen and oxygen atoms in total. The highest BCUT2D eigenvalue weighted by Crippen LogP contribution is 2.54. The molecule has 0 radical (unpaired) electrons. The number of piperidine rings is 1. The molecule has 3 fully saturated rings. The molecule has 3 aliphatic rings. The molecule has 2 saturated carbocycles. The van der Waals surface area contributed by atoms with E-state index in [1.165, 1.54) is 25.7 Å². The molecular formula is C14H24N2O. The van der Waals surface area contributed by atoms with Gasteiger partial charge in [0, 0.05) is 18.5 Å². The zero-order valence-corrected chi connectivity index (χ0v) is 10.8. The lowest BCUT2D eigenvalue weighted by atomic mass is 9.91. The fraction of sp³-hybridized carbons (Fsp3) is 0.929. The summed E-state index contributed by atoms with van der Waals surface area (Å²) in [5.41, 5.74) is 5.76. The fourth-order valence-electron chi connectivity index (χ4n) is 3.83. The summed E-state index contributed by atoms with van der Waals surface area (Å²) >= 11 is 0. The number of rotatable bonds is 2. The highest BCUT2D eigenvalue weighted by Gasteiger charge is 2.49. The lowest BCUT2D eigenvalue weighted by Crippen LogP contribution is -2.49. The molecule has 0 spiro atoms. The van der Waals surface area contributed by atoms with Gasteiger partial charge in [0.1, 0.15) is 0 Å². The molecule has 1 heterocycles. The van der Waals surface area contributed by atoms with Gasteiger partial charge in [-0.15, -0.1) is 0 Å². The maximum absolute atomic E-state index is 12.5. The van der Waals surface area contributed by atoms with Crippen LogP contribution in [0.2, 0.25) is 0 Å². The van der Waals surface area contributed by atoms with Crippen molar-refractivity contribution in [1.82, 2.24) is 4.90 Å². The molecule has 4 unspecified atom stereocenters. The molecule has 4 atom stereocenters. The third-order valence-electron chi connectivity index (χ3n) is 5.19. The van der Waals surface area contributed by atoms with Crippen molar-refractivity contribution >= 4 is 5.91 Å². The number of hydrogen-bond donors (Lipinski definition) is 1. The van der Waals surface area contributed by atoms with Gasteiger partial charge < -0.3 is 10.6 Å². The van der Waals surface area contributed by atoms with E-state index in [-0.39, 0.29) is 0 Å². The molecule has 1 aliphatic heterocycles. The Bertz CT molecular complexity index is 307. The zero-order chi connectivity index (χ0) is 12.0. The molecule has 2 N–H and O–H groups in total. The SMILES string of the molecule is CC1CCC(CN)CN1C(=O)C1CC2CC2C1.